The third kappa shape index (κ3) is 2.14. The van der Waals surface area contributed by atoms with E-state index in [9.17, 15) is 13.2 Å². The molecule has 88 valence electrons. The summed E-state index contributed by atoms with van der Waals surface area (Å²) in [6.07, 6.45) is 1.00. The smallest absolute Gasteiger partial charge is 0.337 e. The number of hydrogen-bond donors (Lipinski definition) is 1. The summed E-state index contributed by atoms with van der Waals surface area (Å²) in [6, 6.07) is 9.81. The van der Waals surface area contributed by atoms with Gasteiger partial charge < -0.3 is 5.11 Å². The number of sulfone groups is 1. The number of rotatable bonds is 2. The second kappa shape index (κ2) is 3.85. The maximum Gasteiger partial charge on any atom is 0.337 e. The average molecular weight is 250 g/mol. The highest BCUT2D eigenvalue weighted by molar-refractivity contribution is 7.90. The first-order valence-corrected chi connectivity index (χ1v) is 6.75. The quantitative estimate of drug-likeness (QED) is 0.884. The fourth-order valence-electron chi connectivity index (χ4n) is 1.69. The molecule has 0 radical (unpaired) electrons. The van der Waals surface area contributed by atoms with Gasteiger partial charge in [0.25, 0.3) is 0 Å². The molecule has 0 aliphatic heterocycles. The van der Waals surface area contributed by atoms with Crippen molar-refractivity contribution >= 4 is 26.6 Å². The third-order valence-corrected chi connectivity index (χ3v) is 3.61. The highest BCUT2D eigenvalue weighted by Crippen LogP contribution is 2.23. The molecule has 0 amide bonds. The minimum Gasteiger partial charge on any atom is -0.478 e. The summed E-state index contributed by atoms with van der Waals surface area (Å²) in [5.41, 5.74) is -0.189. The van der Waals surface area contributed by atoms with Crippen molar-refractivity contribution in [2.24, 2.45) is 0 Å². The monoisotopic (exact) mass is 250 g/mol. The molecule has 0 fully saturated rings. The van der Waals surface area contributed by atoms with Crippen LogP contribution in [0.25, 0.3) is 10.8 Å². The zero-order valence-corrected chi connectivity index (χ0v) is 9.86. The highest BCUT2D eigenvalue weighted by atomic mass is 32.2. The van der Waals surface area contributed by atoms with Crippen molar-refractivity contribution in [1.29, 1.82) is 0 Å². The number of aromatic carboxylic acids is 1. The first kappa shape index (κ1) is 11.6. The average Bonchev–Trinajstić information content (AvgIpc) is 2.26. The van der Waals surface area contributed by atoms with Crippen molar-refractivity contribution in [2.75, 3.05) is 6.26 Å². The Balaban J connectivity index is 2.90. The first-order chi connectivity index (χ1) is 7.89. The van der Waals surface area contributed by atoms with E-state index >= 15 is 0 Å². The van der Waals surface area contributed by atoms with E-state index in [-0.39, 0.29) is 10.5 Å². The predicted octanol–water partition coefficient (Wildman–Crippen LogP) is 1.94. The molecular formula is C12H10O4S. The van der Waals surface area contributed by atoms with Gasteiger partial charge in [-0.1, -0.05) is 24.3 Å². The molecule has 0 aromatic heterocycles. The Labute approximate surface area is 98.4 Å². The van der Waals surface area contributed by atoms with E-state index in [2.05, 4.69) is 0 Å². The lowest BCUT2D eigenvalue weighted by Gasteiger charge is -2.06. The van der Waals surface area contributed by atoms with Crippen molar-refractivity contribution in [3.05, 3.63) is 42.0 Å². The largest absolute Gasteiger partial charge is 0.478 e. The van der Waals surface area contributed by atoms with E-state index in [1.807, 2.05) is 0 Å². The van der Waals surface area contributed by atoms with Gasteiger partial charge in [0.1, 0.15) is 0 Å². The molecule has 0 spiro atoms. The van der Waals surface area contributed by atoms with E-state index in [1.54, 1.807) is 24.3 Å². The van der Waals surface area contributed by atoms with Gasteiger partial charge in [0.2, 0.25) is 0 Å². The number of benzene rings is 2. The lowest BCUT2D eigenvalue weighted by Crippen LogP contribution is -2.07. The maximum absolute atomic E-state index is 11.5. The van der Waals surface area contributed by atoms with Crippen LogP contribution in [0.15, 0.2) is 41.3 Å². The van der Waals surface area contributed by atoms with Crippen LogP contribution in [0.3, 0.4) is 0 Å². The predicted molar refractivity (Wildman–Crippen MR) is 64.0 cm³/mol. The van der Waals surface area contributed by atoms with Crippen molar-refractivity contribution in [1.82, 2.24) is 0 Å². The number of hydrogen-bond acceptors (Lipinski definition) is 3. The summed E-state index contributed by atoms with van der Waals surface area (Å²) in [5.74, 6) is -1.24. The van der Waals surface area contributed by atoms with Gasteiger partial charge in [-0.3, -0.25) is 0 Å². The Bertz CT molecular complexity index is 702. The first-order valence-electron chi connectivity index (χ1n) is 4.86. The van der Waals surface area contributed by atoms with Crippen molar-refractivity contribution < 1.29 is 18.3 Å². The normalized spacial score (nSPS) is 11.6. The molecule has 0 unspecified atom stereocenters. The second-order valence-electron chi connectivity index (χ2n) is 3.77. The molecule has 0 aliphatic carbocycles. The summed E-state index contributed by atoms with van der Waals surface area (Å²) in [5, 5.41) is 10.4. The Kier molecular flexibility index (Phi) is 2.63. The van der Waals surface area contributed by atoms with Crippen LogP contribution in [0, 0.1) is 0 Å². The molecule has 5 heteroatoms. The Hall–Kier alpha value is -1.88. The van der Waals surface area contributed by atoms with Crippen molar-refractivity contribution in [3.63, 3.8) is 0 Å². The van der Waals surface area contributed by atoms with Gasteiger partial charge in [-0.05, 0) is 22.9 Å². The zero-order valence-electron chi connectivity index (χ0n) is 9.04. The number of carbonyl (C=O) groups is 1. The molecule has 0 heterocycles. The van der Waals surface area contributed by atoms with Crippen LogP contribution in [0.5, 0.6) is 0 Å². The molecule has 0 atom stereocenters. The molecule has 2 rings (SSSR count). The van der Waals surface area contributed by atoms with Gasteiger partial charge in [-0.25, -0.2) is 13.2 Å². The Morgan fingerprint density at radius 3 is 2.12 bits per heavy atom. The van der Waals surface area contributed by atoms with E-state index < -0.39 is 15.8 Å². The topological polar surface area (TPSA) is 71.4 Å². The fourth-order valence-corrected chi connectivity index (χ4v) is 2.58. The van der Waals surface area contributed by atoms with E-state index in [0.29, 0.717) is 10.8 Å². The van der Waals surface area contributed by atoms with Gasteiger partial charge in [-0.15, -0.1) is 0 Å². The standard InChI is InChI=1S/C12H10O4S/c1-17(15,16)11-7-9-5-3-2-4-8(9)6-10(11)12(13)14/h2-7H,1H3,(H,13,14). The Morgan fingerprint density at radius 2 is 1.65 bits per heavy atom. The van der Waals surface area contributed by atoms with Crippen LogP contribution in [-0.2, 0) is 9.84 Å². The SMILES string of the molecule is CS(=O)(=O)c1cc2ccccc2cc1C(=O)O. The molecule has 0 saturated heterocycles. The lowest BCUT2D eigenvalue weighted by atomic mass is 10.1. The van der Waals surface area contributed by atoms with Crippen LogP contribution < -0.4 is 0 Å². The molecule has 2 aromatic carbocycles. The molecular weight excluding hydrogens is 240 g/mol. The van der Waals surface area contributed by atoms with Crippen molar-refractivity contribution in [3.8, 4) is 0 Å². The van der Waals surface area contributed by atoms with Crippen LogP contribution in [0.1, 0.15) is 10.4 Å². The number of carboxylic acid groups (broad SMARTS) is 1. The minimum atomic E-state index is -3.55. The molecule has 17 heavy (non-hydrogen) atoms. The van der Waals surface area contributed by atoms with Crippen LogP contribution in [0.2, 0.25) is 0 Å². The van der Waals surface area contributed by atoms with E-state index in [4.69, 9.17) is 5.11 Å². The Morgan fingerprint density at radius 1 is 1.12 bits per heavy atom. The molecule has 4 nitrogen and oxygen atoms in total. The van der Waals surface area contributed by atoms with Gasteiger partial charge in [0.15, 0.2) is 9.84 Å². The van der Waals surface area contributed by atoms with Gasteiger partial charge in [0.05, 0.1) is 10.5 Å². The van der Waals surface area contributed by atoms with Gasteiger partial charge >= 0.3 is 5.97 Å². The van der Waals surface area contributed by atoms with Crippen molar-refractivity contribution in [2.45, 2.75) is 4.90 Å². The fraction of sp³-hybridized carbons (Fsp3) is 0.0833. The van der Waals surface area contributed by atoms with Gasteiger partial charge in [0, 0.05) is 6.26 Å². The molecule has 0 bridgehead atoms. The molecule has 0 aliphatic rings. The summed E-state index contributed by atoms with van der Waals surface area (Å²) in [6.45, 7) is 0. The minimum absolute atomic E-state index is 0.149. The highest BCUT2D eigenvalue weighted by Gasteiger charge is 2.18. The zero-order chi connectivity index (χ0) is 12.6. The molecule has 2 aromatic rings. The molecule has 0 saturated carbocycles. The van der Waals surface area contributed by atoms with E-state index in [0.717, 1.165) is 6.26 Å². The molecule has 1 N–H and O–H groups in total. The summed E-state index contributed by atoms with van der Waals surface area (Å²) in [4.78, 5) is 10.9. The summed E-state index contributed by atoms with van der Waals surface area (Å²) < 4.78 is 23.1. The number of fused-ring (bicyclic) bond motifs is 1. The second-order valence-corrected chi connectivity index (χ2v) is 5.76. The van der Waals surface area contributed by atoms with Gasteiger partial charge in [-0.2, -0.15) is 0 Å². The summed E-state index contributed by atoms with van der Waals surface area (Å²) >= 11 is 0. The lowest BCUT2D eigenvalue weighted by molar-refractivity contribution is 0.0693. The van der Waals surface area contributed by atoms with Crippen LogP contribution in [-0.4, -0.2) is 25.7 Å². The van der Waals surface area contributed by atoms with E-state index in [1.165, 1.54) is 12.1 Å². The van der Waals surface area contributed by atoms with Crippen LogP contribution in [0.4, 0.5) is 0 Å². The maximum atomic E-state index is 11.5. The number of carboxylic acids is 1. The van der Waals surface area contributed by atoms with Crippen LogP contribution >= 0.6 is 0 Å². The summed E-state index contributed by atoms with van der Waals surface area (Å²) in [7, 11) is -3.55. The third-order valence-electron chi connectivity index (χ3n) is 2.48.